The van der Waals surface area contributed by atoms with Crippen LogP contribution in [0.4, 0.5) is 0 Å². The van der Waals surface area contributed by atoms with Gasteiger partial charge in [0, 0.05) is 12.2 Å². The van der Waals surface area contributed by atoms with Crippen LogP contribution in [-0.4, -0.2) is 30.5 Å². The lowest BCUT2D eigenvalue weighted by Crippen LogP contribution is -2.20. The first-order valence-electron chi connectivity index (χ1n) is 5.80. The molecule has 0 aliphatic carbocycles. The van der Waals surface area contributed by atoms with Crippen molar-refractivity contribution in [3.63, 3.8) is 0 Å². The van der Waals surface area contributed by atoms with Gasteiger partial charge in [-0.3, -0.25) is 0 Å². The number of phenols is 1. The molecule has 0 aliphatic rings. The molecule has 96 valence electrons. The first-order valence-corrected chi connectivity index (χ1v) is 5.80. The summed E-state index contributed by atoms with van der Waals surface area (Å²) in [6, 6.07) is 5.44. The number of hydrogen-bond donors (Lipinski definition) is 3. The molecule has 0 aliphatic heterocycles. The molecule has 0 aromatic heterocycles. The Bertz CT molecular complexity index is 351. The Morgan fingerprint density at radius 1 is 1.41 bits per heavy atom. The maximum absolute atomic E-state index is 10.00. The number of methoxy groups -OCH3 is 1. The molecule has 0 fully saturated rings. The number of phenolic OH excluding ortho intramolecular Hbond substituents is 1. The van der Waals surface area contributed by atoms with E-state index in [1.807, 2.05) is 19.1 Å². The van der Waals surface area contributed by atoms with Crippen molar-refractivity contribution in [3.8, 4) is 11.5 Å². The van der Waals surface area contributed by atoms with Gasteiger partial charge in [0.2, 0.25) is 0 Å². The fraction of sp³-hybridized carbons (Fsp3) is 0.538. The molecule has 1 aromatic rings. The van der Waals surface area contributed by atoms with Crippen LogP contribution in [0.15, 0.2) is 18.2 Å². The molecule has 17 heavy (non-hydrogen) atoms. The van der Waals surface area contributed by atoms with Crippen LogP contribution in [0.1, 0.15) is 24.8 Å². The highest BCUT2D eigenvalue weighted by Gasteiger charge is 2.17. The van der Waals surface area contributed by atoms with Crippen molar-refractivity contribution in [2.75, 3.05) is 20.3 Å². The predicted molar refractivity (Wildman–Crippen MR) is 67.3 cm³/mol. The van der Waals surface area contributed by atoms with E-state index < -0.39 is 0 Å². The third kappa shape index (κ3) is 3.35. The zero-order chi connectivity index (χ0) is 12.8. The summed E-state index contributed by atoms with van der Waals surface area (Å²) in [5.74, 6) is 0.847. The van der Waals surface area contributed by atoms with Crippen molar-refractivity contribution in [2.45, 2.75) is 19.3 Å². The minimum absolute atomic E-state index is 0.0654. The van der Waals surface area contributed by atoms with Gasteiger partial charge in [0.05, 0.1) is 7.11 Å². The highest BCUT2D eigenvalue weighted by atomic mass is 16.5. The number of hydrogen-bond acceptors (Lipinski definition) is 4. The maximum Gasteiger partial charge on any atom is 0.161 e. The zero-order valence-electron chi connectivity index (χ0n) is 10.4. The molecule has 0 saturated heterocycles. The number of benzene rings is 1. The molecule has 4 nitrogen and oxygen atoms in total. The van der Waals surface area contributed by atoms with Gasteiger partial charge in [-0.2, -0.15) is 0 Å². The molecule has 0 saturated carbocycles. The van der Waals surface area contributed by atoms with Crippen molar-refractivity contribution >= 4 is 0 Å². The summed E-state index contributed by atoms with van der Waals surface area (Å²) in [4.78, 5) is 0. The lowest BCUT2D eigenvalue weighted by molar-refractivity contribution is 0.216. The number of ether oxygens (including phenoxy) is 1. The zero-order valence-corrected chi connectivity index (χ0v) is 10.4. The van der Waals surface area contributed by atoms with Crippen LogP contribution in [0, 0.1) is 5.92 Å². The summed E-state index contributed by atoms with van der Waals surface area (Å²) >= 11 is 0. The second-order valence-corrected chi connectivity index (χ2v) is 4.32. The van der Waals surface area contributed by atoms with Crippen LogP contribution in [0.2, 0.25) is 0 Å². The first-order chi connectivity index (χ1) is 8.13. The van der Waals surface area contributed by atoms with Gasteiger partial charge in [0.15, 0.2) is 11.5 Å². The van der Waals surface area contributed by atoms with E-state index in [1.165, 1.54) is 7.11 Å². The number of aliphatic hydroxyl groups excluding tert-OH is 1. The number of aliphatic hydroxyl groups is 1. The quantitative estimate of drug-likeness (QED) is 0.702. The summed E-state index contributed by atoms with van der Waals surface area (Å²) in [5.41, 5.74) is 6.39. The third-order valence-corrected chi connectivity index (χ3v) is 3.06. The van der Waals surface area contributed by atoms with Gasteiger partial charge in [-0.25, -0.2) is 0 Å². The maximum atomic E-state index is 10.00. The Morgan fingerprint density at radius 3 is 2.65 bits per heavy atom. The molecule has 4 N–H and O–H groups in total. The molecule has 0 amide bonds. The third-order valence-electron chi connectivity index (χ3n) is 3.06. The summed E-state index contributed by atoms with van der Waals surface area (Å²) < 4.78 is 5.07. The summed E-state index contributed by atoms with van der Waals surface area (Å²) in [7, 11) is 1.53. The Hall–Kier alpha value is -1.26. The number of para-hydroxylation sites is 1. The van der Waals surface area contributed by atoms with E-state index in [0.717, 1.165) is 12.0 Å². The van der Waals surface area contributed by atoms with Crippen molar-refractivity contribution in [3.05, 3.63) is 23.8 Å². The Morgan fingerprint density at radius 2 is 2.12 bits per heavy atom. The van der Waals surface area contributed by atoms with E-state index in [-0.39, 0.29) is 24.2 Å². The van der Waals surface area contributed by atoms with E-state index in [1.54, 1.807) is 6.07 Å². The topological polar surface area (TPSA) is 75.7 Å². The fourth-order valence-corrected chi connectivity index (χ4v) is 1.97. The van der Waals surface area contributed by atoms with E-state index in [0.29, 0.717) is 12.3 Å². The molecular weight excluding hydrogens is 218 g/mol. The lowest BCUT2D eigenvalue weighted by atomic mass is 9.90. The van der Waals surface area contributed by atoms with Gasteiger partial charge >= 0.3 is 0 Å². The molecule has 2 unspecified atom stereocenters. The van der Waals surface area contributed by atoms with Crippen LogP contribution in [0.5, 0.6) is 11.5 Å². The Kier molecular flexibility index (Phi) is 5.25. The average Bonchev–Trinajstić information content (AvgIpc) is 2.35. The summed E-state index contributed by atoms with van der Waals surface area (Å²) in [5, 5.41) is 19.1. The Balaban J connectivity index is 2.84. The van der Waals surface area contributed by atoms with Crippen molar-refractivity contribution in [2.24, 2.45) is 11.7 Å². The van der Waals surface area contributed by atoms with Crippen LogP contribution in [0.25, 0.3) is 0 Å². The van der Waals surface area contributed by atoms with Gasteiger partial charge in [0.1, 0.15) is 0 Å². The number of rotatable bonds is 6. The molecule has 4 heteroatoms. The van der Waals surface area contributed by atoms with Crippen molar-refractivity contribution in [1.82, 2.24) is 0 Å². The smallest absolute Gasteiger partial charge is 0.161 e. The molecule has 0 bridgehead atoms. The Labute approximate surface area is 102 Å². The van der Waals surface area contributed by atoms with Gasteiger partial charge < -0.3 is 20.7 Å². The molecule has 0 radical (unpaired) electrons. The second kappa shape index (κ2) is 6.47. The normalized spacial score (nSPS) is 14.4. The van der Waals surface area contributed by atoms with Gasteiger partial charge in [0.25, 0.3) is 0 Å². The second-order valence-electron chi connectivity index (χ2n) is 4.32. The highest BCUT2D eigenvalue weighted by Crippen LogP contribution is 2.36. The number of nitrogens with two attached hydrogens (primary N) is 1. The monoisotopic (exact) mass is 239 g/mol. The fourth-order valence-electron chi connectivity index (χ4n) is 1.97. The predicted octanol–water partition coefficient (Wildman–Crippen LogP) is 1.46. The molecule has 0 heterocycles. The SMILES string of the molecule is COc1cccc(C(C)CC(CN)CO)c1O. The van der Waals surface area contributed by atoms with Crippen LogP contribution >= 0.6 is 0 Å². The van der Waals surface area contributed by atoms with Crippen LogP contribution in [-0.2, 0) is 0 Å². The van der Waals surface area contributed by atoms with E-state index in [2.05, 4.69) is 0 Å². The first kappa shape index (κ1) is 13.8. The largest absolute Gasteiger partial charge is 0.504 e. The summed E-state index contributed by atoms with van der Waals surface area (Å²) in [6.45, 7) is 2.53. The molecule has 0 spiro atoms. The lowest BCUT2D eigenvalue weighted by Gasteiger charge is -2.19. The van der Waals surface area contributed by atoms with Gasteiger partial charge in [-0.1, -0.05) is 19.1 Å². The number of aromatic hydroxyl groups is 1. The van der Waals surface area contributed by atoms with E-state index in [4.69, 9.17) is 15.6 Å². The molecule has 1 aromatic carbocycles. The highest BCUT2D eigenvalue weighted by molar-refractivity contribution is 5.46. The minimum atomic E-state index is 0.0654. The minimum Gasteiger partial charge on any atom is -0.504 e. The van der Waals surface area contributed by atoms with Crippen LogP contribution in [0.3, 0.4) is 0 Å². The molecular formula is C13H21NO3. The molecule has 1 rings (SSSR count). The summed E-state index contributed by atoms with van der Waals surface area (Å²) in [6.07, 6.45) is 0.744. The van der Waals surface area contributed by atoms with E-state index in [9.17, 15) is 5.11 Å². The van der Waals surface area contributed by atoms with E-state index >= 15 is 0 Å². The van der Waals surface area contributed by atoms with Crippen LogP contribution < -0.4 is 10.5 Å². The average molecular weight is 239 g/mol. The standard InChI is InChI=1S/C13H21NO3/c1-9(6-10(7-14)8-15)11-4-3-5-12(17-2)13(11)16/h3-5,9-10,15-16H,6-8,14H2,1-2H3. The van der Waals surface area contributed by atoms with Gasteiger partial charge in [-0.05, 0) is 30.9 Å². The van der Waals surface area contributed by atoms with Crippen molar-refractivity contribution in [1.29, 1.82) is 0 Å². The van der Waals surface area contributed by atoms with Gasteiger partial charge in [-0.15, -0.1) is 0 Å². The van der Waals surface area contributed by atoms with Crippen molar-refractivity contribution < 1.29 is 14.9 Å². The molecule has 2 atom stereocenters.